The molecule has 0 saturated heterocycles. The summed E-state index contributed by atoms with van der Waals surface area (Å²) in [5, 5.41) is 2.71. The molecular formula is C19H13N. The first kappa shape index (κ1) is 10.3. The monoisotopic (exact) mass is 255 g/mol. The molecule has 4 aromatic rings. The Labute approximate surface area is 116 Å². The standard InChI is InChI=1S/C19H13N/c1-2-6-14-12(5-1)11-13-9-10-17-19(18(13)14)15-7-3-4-8-16(15)20-17/h1-10,20H,11H2. The molecule has 5 rings (SSSR count). The number of benzene rings is 3. The summed E-state index contributed by atoms with van der Waals surface area (Å²) in [6.07, 6.45) is 1.06. The Hall–Kier alpha value is -2.54. The number of aromatic amines is 1. The fraction of sp³-hybridized carbons (Fsp3) is 0.0526. The van der Waals surface area contributed by atoms with E-state index in [9.17, 15) is 0 Å². The molecule has 0 aliphatic heterocycles. The lowest BCUT2D eigenvalue weighted by molar-refractivity contribution is 1.27. The number of aromatic nitrogens is 1. The van der Waals surface area contributed by atoms with E-state index in [0.717, 1.165) is 6.42 Å². The van der Waals surface area contributed by atoms with Crippen molar-refractivity contribution >= 4 is 21.8 Å². The van der Waals surface area contributed by atoms with Crippen LogP contribution in [0.4, 0.5) is 0 Å². The maximum Gasteiger partial charge on any atom is 0.0471 e. The lowest BCUT2D eigenvalue weighted by atomic mass is 9.99. The highest BCUT2D eigenvalue weighted by molar-refractivity contribution is 6.15. The molecule has 0 spiro atoms. The minimum Gasteiger partial charge on any atom is -0.354 e. The van der Waals surface area contributed by atoms with Crippen molar-refractivity contribution in [2.45, 2.75) is 6.42 Å². The second-order valence-corrected chi connectivity index (χ2v) is 5.53. The molecule has 0 bridgehead atoms. The number of fused-ring (bicyclic) bond motifs is 7. The van der Waals surface area contributed by atoms with Gasteiger partial charge in [-0.15, -0.1) is 0 Å². The van der Waals surface area contributed by atoms with Crippen LogP contribution >= 0.6 is 0 Å². The summed E-state index contributed by atoms with van der Waals surface area (Å²) in [6.45, 7) is 0. The molecule has 94 valence electrons. The highest BCUT2D eigenvalue weighted by Gasteiger charge is 2.21. The summed E-state index contributed by atoms with van der Waals surface area (Å²) >= 11 is 0. The molecule has 1 heteroatoms. The third-order valence-corrected chi connectivity index (χ3v) is 4.42. The van der Waals surface area contributed by atoms with E-state index >= 15 is 0 Å². The molecule has 0 saturated carbocycles. The molecule has 0 atom stereocenters. The molecule has 0 fully saturated rings. The third-order valence-electron chi connectivity index (χ3n) is 4.42. The lowest BCUT2D eigenvalue weighted by Gasteiger charge is -2.03. The maximum absolute atomic E-state index is 3.54. The van der Waals surface area contributed by atoms with E-state index in [1.807, 2.05) is 0 Å². The van der Waals surface area contributed by atoms with E-state index in [2.05, 4.69) is 65.6 Å². The Morgan fingerprint density at radius 1 is 0.700 bits per heavy atom. The molecule has 0 amide bonds. The topological polar surface area (TPSA) is 15.8 Å². The molecule has 0 unspecified atom stereocenters. The fourth-order valence-electron chi connectivity index (χ4n) is 3.56. The van der Waals surface area contributed by atoms with Crippen molar-refractivity contribution < 1.29 is 0 Å². The zero-order chi connectivity index (χ0) is 13.1. The van der Waals surface area contributed by atoms with Crippen molar-refractivity contribution in [3.63, 3.8) is 0 Å². The first-order valence-electron chi connectivity index (χ1n) is 7.02. The Morgan fingerprint density at radius 3 is 2.55 bits per heavy atom. The van der Waals surface area contributed by atoms with Crippen molar-refractivity contribution in [3.8, 4) is 11.1 Å². The van der Waals surface area contributed by atoms with Gasteiger partial charge >= 0.3 is 0 Å². The summed E-state index contributed by atoms with van der Waals surface area (Å²) in [4.78, 5) is 3.54. The molecule has 1 aromatic heterocycles. The molecule has 1 N–H and O–H groups in total. The van der Waals surface area contributed by atoms with Crippen LogP contribution in [0.1, 0.15) is 11.1 Å². The van der Waals surface area contributed by atoms with Gasteiger partial charge in [0.15, 0.2) is 0 Å². The van der Waals surface area contributed by atoms with Crippen LogP contribution in [-0.4, -0.2) is 4.98 Å². The Bertz CT molecular complexity index is 976. The first-order chi connectivity index (χ1) is 9.92. The summed E-state index contributed by atoms with van der Waals surface area (Å²) < 4.78 is 0. The average molecular weight is 255 g/mol. The van der Waals surface area contributed by atoms with Gasteiger partial charge in [0.25, 0.3) is 0 Å². The van der Waals surface area contributed by atoms with Crippen LogP contribution in [0.15, 0.2) is 60.7 Å². The molecule has 1 aliphatic carbocycles. The number of rotatable bonds is 0. The van der Waals surface area contributed by atoms with Gasteiger partial charge in [0.05, 0.1) is 0 Å². The highest BCUT2D eigenvalue weighted by Crippen LogP contribution is 2.43. The molecule has 3 aromatic carbocycles. The van der Waals surface area contributed by atoms with Gasteiger partial charge in [0.1, 0.15) is 0 Å². The normalized spacial score (nSPS) is 12.8. The summed E-state index contributed by atoms with van der Waals surface area (Å²) in [5.41, 5.74) is 8.18. The second kappa shape index (κ2) is 3.51. The predicted molar refractivity (Wildman–Crippen MR) is 84.0 cm³/mol. The minimum absolute atomic E-state index is 1.06. The SMILES string of the molecule is c1ccc2c(c1)Cc1ccc3[nH]c4ccccc4c3c1-2. The van der Waals surface area contributed by atoms with Crippen LogP contribution in [0, 0.1) is 0 Å². The predicted octanol–water partition coefficient (Wildman–Crippen LogP) is 4.89. The Morgan fingerprint density at radius 2 is 1.55 bits per heavy atom. The fourth-order valence-corrected chi connectivity index (χ4v) is 3.56. The van der Waals surface area contributed by atoms with Gasteiger partial charge in [-0.1, -0.05) is 48.5 Å². The van der Waals surface area contributed by atoms with E-state index in [1.54, 1.807) is 0 Å². The van der Waals surface area contributed by atoms with Crippen LogP contribution in [0.5, 0.6) is 0 Å². The zero-order valence-corrected chi connectivity index (χ0v) is 11.0. The van der Waals surface area contributed by atoms with Crippen molar-refractivity contribution in [2.75, 3.05) is 0 Å². The molecule has 20 heavy (non-hydrogen) atoms. The molecule has 1 nitrogen and oxygen atoms in total. The number of hydrogen-bond donors (Lipinski definition) is 1. The zero-order valence-electron chi connectivity index (χ0n) is 11.0. The first-order valence-corrected chi connectivity index (χ1v) is 7.02. The van der Waals surface area contributed by atoms with Gasteiger partial charge in [-0.25, -0.2) is 0 Å². The van der Waals surface area contributed by atoms with Gasteiger partial charge in [-0.2, -0.15) is 0 Å². The molecule has 1 heterocycles. The van der Waals surface area contributed by atoms with E-state index in [-0.39, 0.29) is 0 Å². The summed E-state index contributed by atoms with van der Waals surface area (Å²) in [7, 11) is 0. The molecular weight excluding hydrogens is 242 g/mol. The van der Waals surface area contributed by atoms with Gasteiger partial charge in [-0.3, -0.25) is 0 Å². The van der Waals surface area contributed by atoms with Crippen molar-refractivity contribution in [1.29, 1.82) is 0 Å². The maximum atomic E-state index is 3.54. The van der Waals surface area contributed by atoms with Crippen molar-refractivity contribution in [2.24, 2.45) is 0 Å². The van der Waals surface area contributed by atoms with Gasteiger partial charge in [0.2, 0.25) is 0 Å². The quantitative estimate of drug-likeness (QED) is 0.405. The minimum atomic E-state index is 1.06. The van der Waals surface area contributed by atoms with E-state index in [0.29, 0.717) is 0 Å². The highest BCUT2D eigenvalue weighted by atomic mass is 14.7. The summed E-state index contributed by atoms with van der Waals surface area (Å²) in [6, 6.07) is 21.9. The van der Waals surface area contributed by atoms with Gasteiger partial charge in [-0.05, 0) is 40.8 Å². The van der Waals surface area contributed by atoms with E-state index in [1.165, 1.54) is 44.1 Å². The molecule has 0 radical (unpaired) electrons. The van der Waals surface area contributed by atoms with Gasteiger partial charge < -0.3 is 4.98 Å². The van der Waals surface area contributed by atoms with Crippen molar-refractivity contribution in [3.05, 3.63) is 71.8 Å². The lowest BCUT2D eigenvalue weighted by Crippen LogP contribution is -1.80. The largest absolute Gasteiger partial charge is 0.354 e. The van der Waals surface area contributed by atoms with Crippen LogP contribution in [0.2, 0.25) is 0 Å². The third kappa shape index (κ3) is 1.17. The van der Waals surface area contributed by atoms with E-state index in [4.69, 9.17) is 0 Å². The number of nitrogens with one attached hydrogen (secondary N) is 1. The Balaban J connectivity index is 2.03. The van der Waals surface area contributed by atoms with E-state index < -0.39 is 0 Å². The Kier molecular flexibility index (Phi) is 1.80. The van der Waals surface area contributed by atoms with Crippen molar-refractivity contribution in [1.82, 2.24) is 4.98 Å². The smallest absolute Gasteiger partial charge is 0.0471 e. The van der Waals surface area contributed by atoms with Crippen LogP contribution in [0.3, 0.4) is 0 Å². The summed E-state index contributed by atoms with van der Waals surface area (Å²) in [5.74, 6) is 0. The number of hydrogen-bond acceptors (Lipinski definition) is 0. The van der Waals surface area contributed by atoms with Crippen LogP contribution in [0.25, 0.3) is 32.9 Å². The van der Waals surface area contributed by atoms with Crippen LogP contribution < -0.4 is 0 Å². The molecule has 1 aliphatic rings. The number of H-pyrrole nitrogens is 1. The number of para-hydroxylation sites is 1. The average Bonchev–Trinajstić information content (AvgIpc) is 3.04. The van der Waals surface area contributed by atoms with Crippen LogP contribution in [-0.2, 0) is 6.42 Å². The second-order valence-electron chi connectivity index (χ2n) is 5.53. The van der Waals surface area contributed by atoms with Gasteiger partial charge in [0, 0.05) is 21.8 Å².